The summed E-state index contributed by atoms with van der Waals surface area (Å²) >= 11 is 0. The number of benzene rings is 2. The van der Waals surface area contributed by atoms with Gasteiger partial charge in [-0.1, -0.05) is 6.07 Å². The number of rotatable bonds is 6. The predicted octanol–water partition coefficient (Wildman–Crippen LogP) is 3.36. The van der Waals surface area contributed by atoms with Gasteiger partial charge in [-0.25, -0.2) is 0 Å². The summed E-state index contributed by atoms with van der Waals surface area (Å²) in [5, 5.41) is 3.84. The Hall–Kier alpha value is -2.79. The highest BCUT2D eigenvalue weighted by Gasteiger charge is 2.10. The van der Waals surface area contributed by atoms with E-state index in [9.17, 15) is 4.79 Å². The Labute approximate surface area is 141 Å². The average molecular weight is 323 g/mol. The van der Waals surface area contributed by atoms with E-state index in [2.05, 4.69) is 15.2 Å². The first-order chi connectivity index (χ1) is 11.6. The fourth-order valence-electron chi connectivity index (χ4n) is 2.46. The second-order valence-corrected chi connectivity index (χ2v) is 5.87. The van der Waals surface area contributed by atoms with E-state index in [-0.39, 0.29) is 5.91 Å². The third-order valence-corrected chi connectivity index (χ3v) is 3.76. The second-order valence-electron chi connectivity index (χ2n) is 5.87. The van der Waals surface area contributed by atoms with Crippen LogP contribution in [-0.2, 0) is 0 Å². The van der Waals surface area contributed by atoms with Crippen molar-refractivity contribution in [2.75, 3.05) is 32.6 Å². The number of carbonyl (C=O) groups excluding carboxylic acids is 1. The number of amides is 1. The molecule has 0 unspecified atom stereocenters. The summed E-state index contributed by atoms with van der Waals surface area (Å²) in [6, 6.07) is 15.0. The van der Waals surface area contributed by atoms with Gasteiger partial charge in [0.15, 0.2) is 0 Å². The monoisotopic (exact) mass is 323 g/mol. The zero-order chi connectivity index (χ0) is 16.9. The zero-order valence-electron chi connectivity index (χ0n) is 13.9. The van der Waals surface area contributed by atoms with E-state index >= 15 is 0 Å². The first-order valence-electron chi connectivity index (χ1n) is 7.88. The molecule has 0 radical (unpaired) electrons. The number of ether oxygens (including phenoxy) is 1. The largest absolute Gasteiger partial charge is 0.492 e. The molecule has 0 fully saturated rings. The molecule has 0 atom stereocenters. The molecule has 1 heterocycles. The molecule has 124 valence electrons. The van der Waals surface area contributed by atoms with Gasteiger partial charge in [0.25, 0.3) is 5.91 Å². The quantitative estimate of drug-likeness (QED) is 0.731. The highest BCUT2D eigenvalue weighted by Crippen LogP contribution is 2.20. The van der Waals surface area contributed by atoms with E-state index in [1.54, 1.807) is 0 Å². The number of fused-ring (bicyclic) bond motifs is 1. The van der Waals surface area contributed by atoms with Crippen molar-refractivity contribution in [2.45, 2.75) is 0 Å². The van der Waals surface area contributed by atoms with Gasteiger partial charge < -0.3 is 19.9 Å². The van der Waals surface area contributed by atoms with Gasteiger partial charge in [0.05, 0.1) is 0 Å². The lowest BCUT2D eigenvalue weighted by Crippen LogP contribution is -2.19. The lowest BCUT2D eigenvalue weighted by atomic mass is 10.1. The van der Waals surface area contributed by atoms with Crippen LogP contribution in [0, 0.1) is 0 Å². The van der Waals surface area contributed by atoms with Crippen LogP contribution in [0.1, 0.15) is 10.4 Å². The van der Waals surface area contributed by atoms with Crippen molar-refractivity contribution in [3.8, 4) is 5.75 Å². The maximum atomic E-state index is 12.5. The van der Waals surface area contributed by atoms with Crippen LogP contribution < -0.4 is 10.1 Å². The van der Waals surface area contributed by atoms with Crippen molar-refractivity contribution in [1.82, 2.24) is 9.88 Å². The van der Waals surface area contributed by atoms with E-state index in [0.717, 1.165) is 28.9 Å². The summed E-state index contributed by atoms with van der Waals surface area (Å²) in [6.45, 7) is 1.49. The molecule has 0 aliphatic carbocycles. The van der Waals surface area contributed by atoms with E-state index in [1.165, 1.54) is 0 Å². The number of anilines is 1. The summed E-state index contributed by atoms with van der Waals surface area (Å²) in [5.74, 6) is 0.670. The molecule has 0 bridgehead atoms. The smallest absolute Gasteiger partial charge is 0.256 e. The van der Waals surface area contributed by atoms with Gasteiger partial charge in [-0.05, 0) is 56.6 Å². The first kappa shape index (κ1) is 16.1. The molecular formula is C19H21N3O2. The molecule has 0 aliphatic rings. The Morgan fingerprint density at radius 3 is 2.67 bits per heavy atom. The summed E-state index contributed by atoms with van der Waals surface area (Å²) < 4.78 is 5.65. The topological polar surface area (TPSA) is 57.4 Å². The maximum absolute atomic E-state index is 12.5. The summed E-state index contributed by atoms with van der Waals surface area (Å²) in [4.78, 5) is 17.7. The minimum absolute atomic E-state index is 0.124. The number of nitrogens with zero attached hydrogens (tertiary/aromatic N) is 1. The van der Waals surface area contributed by atoms with E-state index in [0.29, 0.717) is 12.2 Å². The minimum atomic E-state index is -0.124. The van der Waals surface area contributed by atoms with Gasteiger partial charge in [-0.2, -0.15) is 0 Å². The molecule has 24 heavy (non-hydrogen) atoms. The van der Waals surface area contributed by atoms with E-state index < -0.39 is 0 Å². The first-order valence-corrected chi connectivity index (χ1v) is 7.88. The number of likely N-dealkylation sites (N-methyl/N-ethyl adjacent to an activating group) is 1. The Bertz CT molecular complexity index is 822. The van der Waals surface area contributed by atoms with Crippen molar-refractivity contribution in [1.29, 1.82) is 0 Å². The summed E-state index contributed by atoms with van der Waals surface area (Å²) in [7, 11) is 4.01. The fourth-order valence-corrected chi connectivity index (χ4v) is 2.46. The number of hydrogen-bond acceptors (Lipinski definition) is 3. The Morgan fingerprint density at radius 1 is 1.12 bits per heavy atom. The van der Waals surface area contributed by atoms with Crippen LogP contribution in [0.2, 0.25) is 0 Å². The van der Waals surface area contributed by atoms with Gasteiger partial charge in [0.2, 0.25) is 0 Å². The SMILES string of the molecule is CN(C)CCOc1ccc(NC(=O)c2cccc3[nH]ccc23)cc1. The summed E-state index contributed by atoms with van der Waals surface area (Å²) in [5.41, 5.74) is 2.35. The molecule has 2 N–H and O–H groups in total. The lowest BCUT2D eigenvalue weighted by Gasteiger charge is -2.11. The molecule has 1 amide bonds. The van der Waals surface area contributed by atoms with Gasteiger partial charge in [0, 0.05) is 34.9 Å². The van der Waals surface area contributed by atoms with Crippen molar-refractivity contribution in [3.63, 3.8) is 0 Å². The van der Waals surface area contributed by atoms with Gasteiger partial charge >= 0.3 is 0 Å². The summed E-state index contributed by atoms with van der Waals surface area (Å²) in [6.07, 6.45) is 1.83. The third kappa shape index (κ3) is 3.75. The third-order valence-electron chi connectivity index (χ3n) is 3.76. The molecule has 0 saturated carbocycles. The second kappa shape index (κ2) is 7.19. The minimum Gasteiger partial charge on any atom is -0.492 e. The maximum Gasteiger partial charge on any atom is 0.256 e. The molecule has 3 rings (SSSR count). The molecule has 0 aliphatic heterocycles. The Kier molecular flexibility index (Phi) is 4.82. The number of H-pyrrole nitrogens is 1. The molecule has 0 spiro atoms. The van der Waals surface area contributed by atoms with Crippen LogP contribution in [0.15, 0.2) is 54.7 Å². The lowest BCUT2D eigenvalue weighted by molar-refractivity contribution is 0.102. The standard InChI is InChI=1S/C19H21N3O2/c1-22(2)12-13-24-15-8-6-14(7-9-15)21-19(23)17-4-3-5-18-16(17)10-11-20-18/h3-11,20H,12-13H2,1-2H3,(H,21,23). The zero-order valence-corrected chi connectivity index (χ0v) is 13.9. The number of carbonyl (C=O) groups is 1. The van der Waals surface area contributed by atoms with Gasteiger partial charge in [-0.3, -0.25) is 4.79 Å². The molecule has 5 heteroatoms. The fraction of sp³-hybridized carbons (Fsp3) is 0.211. The van der Waals surface area contributed by atoms with Gasteiger partial charge in [0.1, 0.15) is 12.4 Å². The van der Waals surface area contributed by atoms with Crippen LogP contribution in [0.25, 0.3) is 10.9 Å². The number of nitrogens with one attached hydrogen (secondary N) is 2. The van der Waals surface area contributed by atoms with Crippen molar-refractivity contribution in [2.24, 2.45) is 0 Å². The molecular weight excluding hydrogens is 302 g/mol. The molecule has 3 aromatic rings. The van der Waals surface area contributed by atoms with Crippen LogP contribution in [0.4, 0.5) is 5.69 Å². The normalized spacial score (nSPS) is 11.0. The van der Waals surface area contributed by atoms with Crippen molar-refractivity contribution in [3.05, 3.63) is 60.3 Å². The van der Waals surface area contributed by atoms with Crippen LogP contribution in [0.3, 0.4) is 0 Å². The highest BCUT2D eigenvalue weighted by atomic mass is 16.5. The number of aromatic nitrogens is 1. The van der Waals surface area contributed by atoms with Crippen LogP contribution in [0.5, 0.6) is 5.75 Å². The average Bonchev–Trinajstić information content (AvgIpc) is 3.04. The Morgan fingerprint density at radius 2 is 1.92 bits per heavy atom. The number of hydrogen-bond donors (Lipinski definition) is 2. The van der Waals surface area contributed by atoms with E-state index in [1.807, 2.05) is 68.8 Å². The highest BCUT2D eigenvalue weighted by molar-refractivity contribution is 6.12. The van der Waals surface area contributed by atoms with Crippen molar-refractivity contribution < 1.29 is 9.53 Å². The molecule has 2 aromatic carbocycles. The molecule has 1 aromatic heterocycles. The van der Waals surface area contributed by atoms with Crippen LogP contribution >= 0.6 is 0 Å². The Balaban J connectivity index is 1.65. The predicted molar refractivity (Wildman–Crippen MR) is 96.7 cm³/mol. The number of aromatic amines is 1. The van der Waals surface area contributed by atoms with Crippen LogP contribution in [-0.4, -0.2) is 43.0 Å². The van der Waals surface area contributed by atoms with E-state index in [4.69, 9.17) is 4.74 Å². The van der Waals surface area contributed by atoms with Gasteiger partial charge in [-0.15, -0.1) is 0 Å². The molecule has 5 nitrogen and oxygen atoms in total. The molecule has 0 saturated heterocycles. The van der Waals surface area contributed by atoms with Crippen molar-refractivity contribution >= 4 is 22.5 Å².